The Balaban J connectivity index is 1.99. The Hall–Kier alpha value is -2.09. The topological polar surface area (TPSA) is 77.2 Å². The molecule has 0 aromatic carbocycles. The van der Waals surface area contributed by atoms with E-state index in [1.54, 1.807) is 0 Å². The van der Waals surface area contributed by atoms with Crippen molar-refractivity contribution >= 4 is 11.8 Å². The molecule has 1 aliphatic heterocycles. The third-order valence-corrected chi connectivity index (χ3v) is 4.75. The molecule has 5 nitrogen and oxygen atoms in total. The summed E-state index contributed by atoms with van der Waals surface area (Å²) in [4.78, 5) is 18.0. The van der Waals surface area contributed by atoms with Crippen molar-refractivity contribution in [3.05, 3.63) is 22.9 Å². The SMILES string of the molecule is CC1C(C(=O)O)CCN1c1nc2c(cc1C#N)CCCC2. The van der Waals surface area contributed by atoms with Crippen LogP contribution in [-0.2, 0) is 17.6 Å². The van der Waals surface area contributed by atoms with Crippen molar-refractivity contribution in [1.29, 1.82) is 5.26 Å². The number of nitrogens with zero attached hydrogens (tertiary/aromatic N) is 3. The molecular formula is C16H19N3O2. The summed E-state index contributed by atoms with van der Waals surface area (Å²) in [5.74, 6) is -0.467. The van der Waals surface area contributed by atoms with Crippen molar-refractivity contribution in [1.82, 2.24) is 4.98 Å². The Labute approximate surface area is 124 Å². The zero-order valence-electron chi connectivity index (χ0n) is 12.2. The van der Waals surface area contributed by atoms with E-state index in [2.05, 4.69) is 6.07 Å². The second kappa shape index (κ2) is 5.36. The molecule has 1 aromatic rings. The van der Waals surface area contributed by atoms with Gasteiger partial charge in [-0.3, -0.25) is 4.79 Å². The van der Waals surface area contributed by atoms with Crippen molar-refractivity contribution < 1.29 is 9.90 Å². The van der Waals surface area contributed by atoms with E-state index in [1.165, 1.54) is 5.56 Å². The summed E-state index contributed by atoms with van der Waals surface area (Å²) in [7, 11) is 0. The monoisotopic (exact) mass is 285 g/mol. The van der Waals surface area contributed by atoms with E-state index in [1.807, 2.05) is 17.9 Å². The van der Waals surface area contributed by atoms with Gasteiger partial charge in [0, 0.05) is 18.3 Å². The van der Waals surface area contributed by atoms with Gasteiger partial charge in [-0.25, -0.2) is 4.98 Å². The summed E-state index contributed by atoms with van der Waals surface area (Å²) >= 11 is 0. The molecule has 2 aliphatic rings. The maximum Gasteiger partial charge on any atom is 0.308 e. The Kier molecular flexibility index (Phi) is 3.54. The lowest BCUT2D eigenvalue weighted by Crippen LogP contribution is -2.34. The summed E-state index contributed by atoms with van der Waals surface area (Å²) in [6.07, 6.45) is 4.85. The molecule has 5 heteroatoms. The van der Waals surface area contributed by atoms with Gasteiger partial charge >= 0.3 is 5.97 Å². The molecule has 21 heavy (non-hydrogen) atoms. The highest BCUT2D eigenvalue weighted by Gasteiger charge is 2.37. The number of hydrogen-bond donors (Lipinski definition) is 1. The second-order valence-electron chi connectivity index (χ2n) is 5.95. The van der Waals surface area contributed by atoms with E-state index < -0.39 is 5.97 Å². The van der Waals surface area contributed by atoms with Crippen LogP contribution in [0.2, 0.25) is 0 Å². The van der Waals surface area contributed by atoms with Crippen LogP contribution >= 0.6 is 0 Å². The molecule has 2 atom stereocenters. The van der Waals surface area contributed by atoms with Gasteiger partial charge < -0.3 is 10.0 Å². The van der Waals surface area contributed by atoms with E-state index in [-0.39, 0.29) is 12.0 Å². The molecule has 3 rings (SSSR count). The van der Waals surface area contributed by atoms with Crippen LogP contribution in [0.5, 0.6) is 0 Å². The van der Waals surface area contributed by atoms with Crippen LogP contribution in [0.4, 0.5) is 5.82 Å². The number of aliphatic carboxylic acids is 1. The van der Waals surface area contributed by atoms with Crippen molar-refractivity contribution in [3.63, 3.8) is 0 Å². The lowest BCUT2D eigenvalue weighted by Gasteiger charge is -2.27. The third-order valence-electron chi connectivity index (χ3n) is 4.75. The molecule has 0 spiro atoms. The van der Waals surface area contributed by atoms with Gasteiger partial charge in [0.2, 0.25) is 0 Å². The molecule has 1 aromatic heterocycles. The zero-order valence-corrected chi connectivity index (χ0v) is 12.2. The highest BCUT2D eigenvalue weighted by Crippen LogP contribution is 2.33. The van der Waals surface area contributed by atoms with Gasteiger partial charge in [0.05, 0.1) is 11.5 Å². The lowest BCUT2D eigenvalue weighted by atomic mass is 9.94. The first-order chi connectivity index (χ1) is 10.1. The largest absolute Gasteiger partial charge is 0.481 e. The average molecular weight is 285 g/mol. The lowest BCUT2D eigenvalue weighted by molar-refractivity contribution is -0.141. The number of carboxylic acid groups (broad SMARTS) is 1. The smallest absolute Gasteiger partial charge is 0.308 e. The minimum Gasteiger partial charge on any atom is -0.481 e. The summed E-state index contributed by atoms with van der Waals surface area (Å²) in [5, 5.41) is 18.7. The highest BCUT2D eigenvalue weighted by atomic mass is 16.4. The summed E-state index contributed by atoms with van der Waals surface area (Å²) in [6.45, 7) is 2.56. The molecule has 1 N–H and O–H groups in total. The molecule has 110 valence electrons. The third kappa shape index (κ3) is 2.35. The van der Waals surface area contributed by atoms with Gasteiger partial charge in [-0.1, -0.05) is 0 Å². The fourth-order valence-corrected chi connectivity index (χ4v) is 3.49. The molecule has 0 bridgehead atoms. The second-order valence-corrected chi connectivity index (χ2v) is 5.95. The Morgan fingerprint density at radius 2 is 2.24 bits per heavy atom. The van der Waals surface area contributed by atoms with E-state index in [9.17, 15) is 15.2 Å². The predicted octanol–water partition coefficient (Wildman–Crippen LogP) is 2.13. The molecule has 0 saturated carbocycles. The van der Waals surface area contributed by atoms with Crippen molar-refractivity contribution in [2.75, 3.05) is 11.4 Å². The fourth-order valence-electron chi connectivity index (χ4n) is 3.49. The zero-order chi connectivity index (χ0) is 15.0. The maximum absolute atomic E-state index is 11.3. The number of anilines is 1. The van der Waals surface area contributed by atoms with Crippen LogP contribution in [0, 0.1) is 17.2 Å². The van der Waals surface area contributed by atoms with Crippen LogP contribution in [0.25, 0.3) is 0 Å². The van der Waals surface area contributed by atoms with Crippen LogP contribution in [0.3, 0.4) is 0 Å². The van der Waals surface area contributed by atoms with E-state index >= 15 is 0 Å². The van der Waals surface area contributed by atoms with E-state index in [0.29, 0.717) is 24.3 Å². The number of aryl methyl sites for hydroxylation is 2. The first-order valence-electron chi connectivity index (χ1n) is 7.54. The van der Waals surface area contributed by atoms with E-state index in [4.69, 9.17) is 4.98 Å². The number of carbonyl (C=O) groups is 1. The maximum atomic E-state index is 11.3. The molecule has 1 saturated heterocycles. The van der Waals surface area contributed by atoms with Crippen LogP contribution in [0.1, 0.15) is 43.0 Å². The van der Waals surface area contributed by atoms with Crippen LogP contribution < -0.4 is 4.90 Å². The standard InChI is InChI=1S/C16H19N3O2/c1-10-13(16(20)21)6-7-19(10)15-12(9-17)8-11-4-2-3-5-14(11)18-15/h8,10,13H,2-7H2,1H3,(H,20,21). The Morgan fingerprint density at radius 1 is 1.48 bits per heavy atom. The number of carboxylic acids is 1. The van der Waals surface area contributed by atoms with Crippen molar-refractivity contribution in [2.45, 2.75) is 45.1 Å². The summed E-state index contributed by atoms with van der Waals surface area (Å²) in [5.41, 5.74) is 2.85. The summed E-state index contributed by atoms with van der Waals surface area (Å²) < 4.78 is 0. The number of aromatic nitrogens is 1. The van der Waals surface area contributed by atoms with Gasteiger partial charge in [-0.15, -0.1) is 0 Å². The van der Waals surface area contributed by atoms with Gasteiger partial charge in [-0.2, -0.15) is 5.26 Å². The highest BCUT2D eigenvalue weighted by molar-refractivity contribution is 5.73. The normalized spacial score (nSPS) is 24.5. The Bertz CT molecular complexity index is 621. The minimum atomic E-state index is -0.763. The first-order valence-corrected chi connectivity index (χ1v) is 7.54. The van der Waals surface area contributed by atoms with Gasteiger partial charge in [0.25, 0.3) is 0 Å². The van der Waals surface area contributed by atoms with Gasteiger partial charge in [-0.05, 0) is 50.7 Å². The van der Waals surface area contributed by atoms with Crippen LogP contribution in [-0.4, -0.2) is 28.6 Å². The molecule has 1 aliphatic carbocycles. The fraction of sp³-hybridized carbons (Fsp3) is 0.562. The summed E-state index contributed by atoms with van der Waals surface area (Å²) in [6, 6.07) is 4.07. The van der Waals surface area contributed by atoms with Crippen LogP contribution in [0.15, 0.2) is 6.07 Å². The number of pyridine rings is 1. The van der Waals surface area contributed by atoms with Gasteiger partial charge in [0.1, 0.15) is 11.9 Å². The number of fused-ring (bicyclic) bond motifs is 1. The molecule has 1 fully saturated rings. The number of hydrogen-bond acceptors (Lipinski definition) is 4. The molecule has 2 unspecified atom stereocenters. The molecule has 2 heterocycles. The quantitative estimate of drug-likeness (QED) is 0.900. The molecule has 0 amide bonds. The predicted molar refractivity (Wildman–Crippen MR) is 78.1 cm³/mol. The average Bonchev–Trinajstić information content (AvgIpc) is 2.87. The van der Waals surface area contributed by atoms with Crippen molar-refractivity contribution in [3.8, 4) is 6.07 Å². The van der Waals surface area contributed by atoms with E-state index in [0.717, 1.165) is 31.4 Å². The minimum absolute atomic E-state index is 0.122. The van der Waals surface area contributed by atoms with Gasteiger partial charge in [0.15, 0.2) is 0 Å². The van der Waals surface area contributed by atoms with Crippen molar-refractivity contribution in [2.24, 2.45) is 5.92 Å². The number of rotatable bonds is 2. The molecular weight excluding hydrogens is 266 g/mol. The Morgan fingerprint density at radius 3 is 2.90 bits per heavy atom. The number of nitriles is 1. The molecule has 0 radical (unpaired) electrons. The first kappa shape index (κ1) is 13.9.